The fraction of sp³-hybridized carbons (Fsp3) is 0.308. The Labute approximate surface area is 110 Å². The lowest BCUT2D eigenvalue weighted by atomic mass is 10.1. The van der Waals surface area contributed by atoms with Crippen molar-refractivity contribution in [1.29, 1.82) is 0 Å². The van der Waals surface area contributed by atoms with Crippen LogP contribution in [0.5, 0.6) is 0 Å². The Bertz CT molecular complexity index is 587. The molecule has 1 aromatic heterocycles. The summed E-state index contributed by atoms with van der Waals surface area (Å²) >= 11 is 0. The topological polar surface area (TPSA) is 94.0 Å². The van der Waals surface area contributed by atoms with Gasteiger partial charge in [0.1, 0.15) is 0 Å². The molecule has 0 saturated heterocycles. The largest absolute Gasteiger partial charge is 0.345 e. The summed E-state index contributed by atoms with van der Waals surface area (Å²) in [6.45, 7) is 0.488. The average molecular weight is 258 g/mol. The molecule has 0 bridgehead atoms. The number of hydrogen-bond acceptors (Lipinski definition) is 5. The van der Waals surface area contributed by atoms with Crippen molar-refractivity contribution in [2.24, 2.45) is 5.73 Å². The Morgan fingerprint density at radius 3 is 2.74 bits per heavy atom. The zero-order valence-corrected chi connectivity index (χ0v) is 10.3. The van der Waals surface area contributed by atoms with Gasteiger partial charge in [-0.2, -0.15) is 4.98 Å². The first-order valence-corrected chi connectivity index (χ1v) is 6.20. The number of hydrogen-bond donors (Lipinski definition) is 2. The van der Waals surface area contributed by atoms with Gasteiger partial charge in [-0.1, -0.05) is 29.4 Å². The van der Waals surface area contributed by atoms with Crippen LogP contribution < -0.4 is 11.1 Å². The minimum atomic E-state index is -0.306. The molecule has 98 valence electrons. The Morgan fingerprint density at radius 1 is 1.37 bits per heavy atom. The first-order chi connectivity index (χ1) is 9.26. The maximum Gasteiger partial charge on any atom is 0.316 e. The van der Waals surface area contributed by atoms with Crippen LogP contribution in [-0.4, -0.2) is 22.1 Å². The maximum absolute atomic E-state index is 11.7. The lowest BCUT2D eigenvalue weighted by Gasteiger charge is -1.97. The number of amides is 1. The van der Waals surface area contributed by atoms with E-state index in [9.17, 15) is 4.79 Å². The lowest BCUT2D eigenvalue weighted by Crippen LogP contribution is -2.25. The molecule has 1 heterocycles. The Hall–Kier alpha value is -2.21. The second kappa shape index (κ2) is 4.81. The van der Waals surface area contributed by atoms with Crippen LogP contribution in [0.3, 0.4) is 0 Å². The second-order valence-corrected chi connectivity index (χ2v) is 4.57. The number of aromatic nitrogens is 2. The van der Waals surface area contributed by atoms with Crippen LogP contribution in [0.4, 0.5) is 0 Å². The summed E-state index contributed by atoms with van der Waals surface area (Å²) in [5.74, 6) is 0.106. The van der Waals surface area contributed by atoms with Gasteiger partial charge in [0, 0.05) is 18.2 Å². The van der Waals surface area contributed by atoms with Crippen molar-refractivity contribution in [2.75, 3.05) is 0 Å². The molecule has 1 fully saturated rings. The van der Waals surface area contributed by atoms with Gasteiger partial charge in [-0.3, -0.25) is 4.79 Å². The maximum atomic E-state index is 11.7. The summed E-state index contributed by atoms with van der Waals surface area (Å²) in [6.07, 6.45) is 2.04. The molecule has 3 rings (SSSR count). The smallest absolute Gasteiger partial charge is 0.316 e. The molecule has 1 aromatic carbocycles. The van der Waals surface area contributed by atoms with Crippen molar-refractivity contribution < 1.29 is 9.32 Å². The molecular weight excluding hydrogens is 244 g/mol. The number of carbonyl (C=O) groups is 1. The molecule has 3 N–H and O–H groups in total. The molecule has 0 unspecified atom stereocenters. The van der Waals surface area contributed by atoms with Crippen molar-refractivity contribution in [3.05, 3.63) is 35.7 Å². The third-order valence-electron chi connectivity index (χ3n) is 2.98. The monoisotopic (exact) mass is 258 g/mol. The van der Waals surface area contributed by atoms with E-state index in [1.807, 2.05) is 24.3 Å². The van der Waals surface area contributed by atoms with Crippen LogP contribution in [0.2, 0.25) is 0 Å². The van der Waals surface area contributed by atoms with Gasteiger partial charge < -0.3 is 15.6 Å². The van der Waals surface area contributed by atoms with E-state index in [4.69, 9.17) is 10.3 Å². The normalized spacial score (nSPS) is 14.4. The van der Waals surface area contributed by atoms with Gasteiger partial charge in [0.05, 0.1) is 0 Å². The standard InChI is InChI=1S/C13H14N4O2/c14-7-8-1-3-9(4-2-8)11-16-13(19-17-11)12(18)15-10-5-6-10/h1-4,10H,5-7,14H2,(H,15,18). The molecule has 0 aliphatic heterocycles. The molecule has 19 heavy (non-hydrogen) atoms. The van der Waals surface area contributed by atoms with E-state index in [1.165, 1.54) is 0 Å². The zero-order valence-electron chi connectivity index (χ0n) is 10.3. The predicted octanol–water partition coefficient (Wildman–Crippen LogP) is 1.09. The highest BCUT2D eigenvalue weighted by atomic mass is 16.5. The van der Waals surface area contributed by atoms with Crippen molar-refractivity contribution >= 4 is 5.91 Å². The lowest BCUT2D eigenvalue weighted by molar-refractivity contribution is 0.0907. The highest BCUT2D eigenvalue weighted by molar-refractivity contribution is 5.90. The fourth-order valence-electron chi connectivity index (χ4n) is 1.70. The summed E-state index contributed by atoms with van der Waals surface area (Å²) < 4.78 is 4.97. The Morgan fingerprint density at radius 2 is 2.11 bits per heavy atom. The van der Waals surface area contributed by atoms with Gasteiger partial charge in [-0.15, -0.1) is 0 Å². The number of rotatable bonds is 4. The van der Waals surface area contributed by atoms with Crippen LogP contribution in [0, 0.1) is 0 Å². The van der Waals surface area contributed by atoms with Gasteiger partial charge in [0.15, 0.2) is 0 Å². The first kappa shape index (κ1) is 11.9. The van der Waals surface area contributed by atoms with Gasteiger partial charge >= 0.3 is 11.8 Å². The summed E-state index contributed by atoms with van der Waals surface area (Å²) in [6, 6.07) is 7.78. The van der Waals surface area contributed by atoms with E-state index < -0.39 is 0 Å². The van der Waals surface area contributed by atoms with E-state index in [0.29, 0.717) is 12.4 Å². The van der Waals surface area contributed by atoms with E-state index >= 15 is 0 Å². The highest BCUT2D eigenvalue weighted by Gasteiger charge is 2.26. The predicted molar refractivity (Wildman–Crippen MR) is 68.1 cm³/mol. The van der Waals surface area contributed by atoms with Crippen molar-refractivity contribution in [3.63, 3.8) is 0 Å². The van der Waals surface area contributed by atoms with E-state index in [1.54, 1.807) is 0 Å². The second-order valence-electron chi connectivity index (χ2n) is 4.57. The number of carbonyl (C=O) groups excluding carboxylic acids is 1. The van der Waals surface area contributed by atoms with Crippen molar-refractivity contribution in [2.45, 2.75) is 25.4 Å². The van der Waals surface area contributed by atoms with E-state index in [2.05, 4.69) is 15.5 Å². The van der Waals surface area contributed by atoms with Gasteiger partial charge in [-0.25, -0.2) is 0 Å². The van der Waals surface area contributed by atoms with Gasteiger partial charge in [0.25, 0.3) is 0 Å². The summed E-state index contributed by atoms with van der Waals surface area (Å²) in [5, 5.41) is 6.61. The van der Waals surface area contributed by atoms with E-state index in [0.717, 1.165) is 24.0 Å². The summed E-state index contributed by atoms with van der Waals surface area (Å²) in [5.41, 5.74) is 7.36. The van der Waals surface area contributed by atoms with Crippen LogP contribution in [0.1, 0.15) is 29.1 Å². The summed E-state index contributed by atoms with van der Waals surface area (Å²) in [4.78, 5) is 15.8. The molecule has 6 nitrogen and oxygen atoms in total. The average Bonchev–Trinajstić information content (AvgIpc) is 3.11. The fourth-order valence-corrected chi connectivity index (χ4v) is 1.70. The quantitative estimate of drug-likeness (QED) is 0.856. The minimum absolute atomic E-state index is 0.00445. The van der Waals surface area contributed by atoms with Crippen LogP contribution in [0.15, 0.2) is 28.8 Å². The summed E-state index contributed by atoms with van der Waals surface area (Å²) in [7, 11) is 0. The Kier molecular flexibility index (Phi) is 3.00. The van der Waals surface area contributed by atoms with Crippen LogP contribution in [0.25, 0.3) is 11.4 Å². The first-order valence-electron chi connectivity index (χ1n) is 6.20. The Balaban J connectivity index is 1.77. The number of nitrogens with one attached hydrogen (secondary N) is 1. The van der Waals surface area contributed by atoms with E-state index in [-0.39, 0.29) is 17.8 Å². The molecular formula is C13H14N4O2. The molecule has 2 aromatic rings. The van der Waals surface area contributed by atoms with Crippen LogP contribution in [-0.2, 0) is 6.54 Å². The molecule has 1 saturated carbocycles. The molecule has 0 spiro atoms. The third-order valence-corrected chi connectivity index (χ3v) is 2.98. The third kappa shape index (κ3) is 2.63. The molecule has 0 radical (unpaired) electrons. The number of nitrogens with two attached hydrogens (primary N) is 1. The molecule has 1 aliphatic rings. The number of benzene rings is 1. The minimum Gasteiger partial charge on any atom is -0.345 e. The molecule has 0 atom stereocenters. The SMILES string of the molecule is NCc1ccc(-c2noc(C(=O)NC3CC3)n2)cc1. The van der Waals surface area contributed by atoms with Crippen molar-refractivity contribution in [3.8, 4) is 11.4 Å². The number of nitrogens with zero attached hydrogens (tertiary/aromatic N) is 2. The van der Waals surface area contributed by atoms with Gasteiger partial charge in [-0.05, 0) is 18.4 Å². The zero-order chi connectivity index (χ0) is 13.2. The highest BCUT2D eigenvalue weighted by Crippen LogP contribution is 2.20. The molecule has 1 amide bonds. The van der Waals surface area contributed by atoms with Crippen molar-refractivity contribution in [1.82, 2.24) is 15.5 Å². The molecule has 6 heteroatoms. The van der Waals surface area contributed by atoms with Gasteiger partial charge in [0.2, 0.25) is 5.82 Å². The van der Waals surface area contributed by atoms with Crippen LogP contribution >= 0.6 is 0 Å². The molecule has 1 aliphatic carbocycles.